The van der Waals surface area contributed by atoms with Gasteiger partial charge in [-0.3, -0.25) is 0 Å². The standard InChI is InChI=1S/C23H29Cl2N3O2S/c1-22(2)16-4-3-15(20(22)7-16)10-31-11-18-9-29-23(30-18,12-28-14-26-13-27-28)19-6-5-17(24)8-21(19)25/h5-6,8,13-16,18,20H,3-4,7,9-12H2,1-2H3/t15-,16-,18+,20-,23-/m0/s1. The number of fused-ring (bicyclic) bond motifs is 2. The van der Waals surface area contributed by atoms with Crippen LogP contribution < -0.4 is 0 Å². The van der Waals surface area contributed by atoms with Crippen molar-refractivity contribution in [2.75, 3.05) is 18.1 Å². The summed E-state index contributed by atoms with van der Waals surface area (Å²) in [4.78, 5) is 4.05. The Kier molecular flexibility index (Phi) is 6.06. The highest BCUT2D eigenvalue weighted by atomic mass is 35.5. The SMILES string of the molecule is CC1(C)[C@H]2CC[C@@H](CSC[C@H]3CO[C@](Cn4cncn4)(c4ccc(Cl)cc4Cl)O3)[C@@H]1C2. The number of rotatable bonds is 7. The van der Waals surface area contributed by atoms with Crippen molar-refractivity contribution in [2.45, 2.75) is 51.5 Å². The Hall–Kier alpha value is -0.790. The summed E-state index contributed by atoms with van der Waals surface area (Å²) in [5.41, 5.74) is 1.31. The quantitative estimate of drug-likeness (QED) is 0.510. The second-order valence-corrected chi connectivity index (χ2v) is 11.7. The summed E-state index contributed by atoms with van der Waals surface area (Å²) < 4.78 is 14.5. The molecule has 0 radical (unpaired) electrons. The van der Waals surface area contributed by atoms with Gasteiger partial charge < -0.3 is 9.47 Å². The highest BCUT2D eigenvalue weighted by Crippen LogP contribution is 2.61. The van der Waals surface area contributed by atoms with Crippen LogP contribution in [0.4, 0.5) is 0 Å². The molecule has 2 heterocycles. The van der Waals surface area contributed by atoms with E-state index in [-0.39, 0.29) is 6.10 Å². The topological polar surface area (TPSA) is 49.2 Å². The van der Waals surface area contributed by atoms with Crippen LogP contribution in [0.3, 0.4) is 0 Å². The van der Waals surface area contributed by atoms with E-state index in [4.69, 9.17) is 32.7 Å². The van der Waals surface area contributed by atoms with Crippen molar-refractivity contribution in [2.24, 2.45) is 23.2 Å². The van der Waals surface area contributed by atoms with Crippen LogP contribution in [0.1, 0.15) is 38.7 Å². The summed E-state index contributed by atoms with van der Waals surface area (Å²) in [6, 6.07) is 5.43. The van der Waals surface area contributed by atoms with Gasteiger partial charge in [0.15, 0.2) is 0 Å². The van der Waals surface area contributed by atoms with Crippen LogP contribution in [0.15, 0.2) is 30.9 Å². The predicted octanol–water partition coefficient (Wildman–Crippen LogP) is 5.66. The minimum Gasteiger partial charge on any atom is -0.342 e. The van der Waals surface area contributed by atoms with Crippen molar-refractivity contribution >= 4 is 35.0 Å². The van der Waals surface area contributed by atoms with Gasteiger partial charge >= 0.3 is 0 Å². The molecule has 2 aromatic rings. The molecule has 1 saturated heterocycles. The van der Waals surface area contributed by atoms with Crippen molar-refractivity contribution in [3.63, 3.8) is 0 Å². The molecule has 3 saturated carbocycles. The Morgan fingerprint density at radius 2 is 2.10 bits per heavy atom. The van der Waals surface area contributed by atoms with Gasteiger partial charge in [-0.25, -0.2) is 9.67 Å². The molecular weight excluding hydrogens is 453 g/mol. The fourth-order valence-corrected chi connectivity index (χ4v) is 7.61. The third kappa shape index (κ3) is 4.15. The summed E-state index contributed by atoms with van der Waals surface area (Å²) in [5.74, 6) is 3.80. The van der Waals surface area contributed by atoms with Crippen molar-refractivity contribution < 1.29 is 9.47 Å². The Labute approximate surface area is 198 Å². The molecule has 4 aliphatic rings. The lowest BCUT2D eigenvalue weighted by molar-refractivity contribution is -0.186. The number of benzene rings is 1. The van der Waals surface area contributed by atoms with Crippen LogP contribution in [0.5, 0.6) is 0 Å². The van der Waals surface area contributed by atoms with Crippen molar-refractivity contribution in [3.05, 3.63) is 46.5 Å². The molecule has 4 fully saturated rings. The van der Waals surface area contributed by atoms with E-state index in [0.29, 0.717) is 28.6 Å². The first-order valence-electron chi connectivity index (χ1n) is 11.0. The fraction of sp³-hybridized carbons (Fsp3) is 0.652. The molecule has 1 aromatic heterocycles. The zero-order chi connectivity index (χ0) is 21.6. The molecule has 0 amide bonds. The van der Waals surface area contributed by atoms with Crippen molar-refractivity contribution in [1.29, 1.82) is 0 Å². The summed E-state index contributed by atoms with van der Waals surface area (Å²) in [5, 5.41) is 5.36. The van der Waals surface area contributed by atoms with Crippen LogP contribution in [0.25, 0.3) is 0 Å². The largest absolute Gasteiger partial charge is 0.342 e. The smallest absolute Gasteiger partial charge is 0.217 e. The molecule has 168 valence electrons. The molecule has 31 heavy (non-hydrogen) atoms. The third-order valence-electron chi connectivity index (χ3n) is 7.67. The van der Waals surface area contributed by atoms with E-state index in [1.54, 1.807) is 17.1 Å². The van der Waals surface area contributed by atoms with Gasteiger partial charge in [-0.05, 0) is 60.3 Å². The number of hydrogen-bond acceptors (Lipinski definition) is 5. The average molecular weight is 482 g/mol. The first kappa shape index (κ1) is 22.0. The lowest BCUT2D eigenvalue weighted by Gasteiger charge is -2.60. The fourth-order valence-electron chi connectivity index (χ4n) is 5.80. The first-order valence-corrected chi connectivity index (χ1v) is 13.0. The first-order chi connectivity index (χ1) is 14.9. The molecule has 5 atom stereocenters. The molecule has 2 bridgehead atoms. The van der Waals surface area contributed by atoms with Crippen molar-refractivity contribution in [3.8, 4) is 0 Å². The van der Waals surface area contributed by atoms with Gasteiger partial charge in [0.25, 0.3) is 0 Å². The molecule has 0 unspecified atom stereocenters. The third-order valence-corrected chi connectivity index (χ3v) is 9.49. The summed E-state index contributed by atoms with van der Waals surface area (Å²) in [7, 11) is 0. The molecule has 0 spiro atoms. The predicted molar refractivity (Wildman–Crippen MR) is 124 cm³/mol. The van der Waals surface area contributed by atoms with Crippen LogP contribution in [-0.2, 0) is 21.8 Å². The zero-order valence-electron chi connectivity index (χ0n) is 18.0. The van der Waals surface area contributed by atoms with Gasteiger partial charge in [0, 0.05) is 16.3 Å². The van der Waals surface area contributed by atoms with E-state index < -0.39 is 5.79 Å². The Morgan fingerprint density at radius 1 is 1.23 bits per heavy atom. The molecule has 8 heteroatoms. The molecule has 1 aliphatic heterocycles. The monoisotopic (exact) mass is 481 g/mol. The number of halogens is 2. The summed E-state index contributed by atoms with van der Waals surface area (Å²) in [6.07, 6.45) is 7.38. The molecule has 0 N–H and O–H groups in total. The maximum Gasteiger partial charge on any atom is 0.217 e. The normalized spacial score (nSPS) is 33.9. The average Bonchev–Trinajstić information content (AvgIpc) is 3.39. The lowest BCUT2D eigenvalue weighted by atomic mass is 9.46. The maximum absolute atomic E-state index is 6.55. The highest BCUT2D eigenvalue weighted by molar-refractivity contribution is 7.99. The molecule has 6 rings (SSSR count). The van der Waals surface area contributed by atoms with E-state index in [2.05, 4.69) is 23.9 Å². The van der Waals surface area contributed by atoms with Crippen LogP contribution in [0.2, 0.25) is 10.0 Å². The Balaban J connectivity index is 1.25. The maximum atomic E-state index is 6.55. The summed E-state index contributed by atoms with van der Waals surface area (Å²) in [6.45, 7) is 5.84. The molecule has 5 nitrogen and oxygen atoms in total. The lowest BCUT2D eigenvalue weighted by Crippen LogP contribution is -2.52. The molecular formula is C23H29Cl2N3O2S. The number of ether oxygens (including phenoxy) is 2. The number of nitrogens with zero attached hydrogens (tertiary/aromatic N) is 3. The number of thioether (sulfide) groups is 1. The van der Waals surface area contributed by atoms with E-state index in [9.17, 15) is 0 Å². The minimum atomic E-state index is -0.991. The molecule has 3 aliphatic carbocycles. The van der Waals surface area contributed by atoms with Gasteiger partial charge in [-0.2, -0.15) is 16.9 Å². The summed E-state index contributed by atoms with van der Waals surface area (Å²) >= 11 is 14.7. The Bertz CT molecular complexity index is 924. The van der Waals surface area contributed by atoms with Gasteiger partial charge in [0.1, 0.15) is 19.2 Å². The van der Waals surface area contributed by atoms with E-state index in [1.165, 1.54) is 31.3 Å². The second-order valence-electron chi connectivity index (χ2n) is 9.76. The zero-order valence-corrected chi connectivity index (χ0v) is 20.3. The van der Waals surface area contributed by atoms with Crippen LogP contribution >= 0.6 is 35.0 Å². The van der Waals surface area contributed by atoms with E-state index in [1.807, 2.05) is 23.9 Å². The van der Waals surface area contributed by atoms with E-state index in [0.717, 1.165) is 29.1 Å². The van der Waals surface area contributed by atoms with Gasteiger partial charge in [0.05, 0.1) is 17.7 Å². The van der Waals surface area contributed by atoms with Crippen molar-refractivity contribution in [1.82, 2.24) is 14.8 Å². The highest BCUT2D eigenvalue weighted by Gasteiger charge is 2.54. The van der Waals surface area contributed by atoms with Gasteiger partial charge in [-0.15, -0.1) is 0 Å². The number of aromatic nitrogens is 3. The second kappa shape index (κ2) is 8.53. The minimum absolute atomic E-state index is 0.00556. The van der Waals surface area contributed by atoms with E-state index >= 15 is 0 Å². The van der Waals surface area contributed by atoms with Crippen LogP contribution in [0, 0.1) is 23.2 Å². The Morgan fingerprint density at radius 3 is 2.81 bits per heavy atom. The van der Waals surface area contributed by atoms with Crippen LogP contribution in [-0.4, -0.2) is 39.0 Å². The molecule has 1 aromatic carbocycles. The van der Waals surface area contributed by atoms with Gasteiger partial charge in [-0.1, -0.05) is 43.1 Å². The van der Waals surface area contributed by atoms with Gasteiger partial charge in [0.2, 0.25) is 5.79 Å². The number of hydrogen-bond donors (Lipinski definition) is 0.